The topological polar surface area (TPSA) is 29.9 Å². The molecule has 3 atom stereocenters. The summed E-state index contributed by atoms with van der Waals surface area (Å²) in [5.41, 5.74) is 6.39. The van der Waals surface area contributed by atoms with Gasteiger partial charge in [0, 0.05) is 17.3 Å². The molecule has 2 heterocycles. The lowest BCUT2D eigenvalue weighted by Gasteiger charge is -2.19. The van der Waals surface area contributed by atoms with Gasteiger partial charge in [-0.2, -0.15) is 5.10 Å². The molecule has 4 aromatic rings. The lowest BCUT2D eigenvalue weighted by molar-refractivity contribution is 0.555. The molecule has 6 rings (SSSR count). The third kappa shape index (κ3) is 2.56. The molecular formula is C26H24FN3. The summed E-state index contributed by atoms with van der Waals surface area (Å²) in [5.74, 6) is 1.15. The van der Waals surface area contributed by atoms with Gasteiger partial charge in [-0.1, -0.05) is 30.3 Å². The number of rotatable bonds is 4. The van der Waals surface area contributed by atoms with Crippen molar-refractivity contribution >= 4 is 10.9 Å². The van der Waals surface area contributed by atoms with Crippen molar-refractivity contribution in [1.82, 2.24) is 15.1 Å². The molecule has 1 aromatic heterocycles. The van der Waals surface area contributed by atoms with Crippen molar-refractivity contribution in [3.05, 3.63) is 95.4 Å². The van der Waals surface area contributed by atoms with Crippen LogP contribution in [0.4, 0.5) is 4.39 Å². The van der Waals surface area contributed by atoms with E-state index >= 15 is 0 Å². The number of halogens is 1. The van der Waals surface area contributed by atoms with E-state index in [4.69, 9.17) is 0 Å². The molecule has 4 heteroatoms. The number of piperidine rings is 1. The quantitative estimate of drug-likeness (QED) is 0.536. The molecule has 30 heavy (non-hydrogen) atoms. The van der Waals surface area contributed by atoms with E-state index < -0.39 is 0 Å². The average molecular weight is 397 g/mol. The van der Waals surface area contributed by atoms with Crippen LogP contribution in [0.2, 0.25) is 0 Å². The predicted molar refractivity (Wildman–Crippen MR) is 117 cm³/mol. The van der Waals surface area contributed by atoms with Crippen LogP contribution in [0.3, 0.4) is 0 Å². The maximum atomic E-state index is 13.3. The smallest absolute Gasteiger partial charge is 0.123 e. The minimum Gasteiger partial charge on any atom is -0.316 e. The Hall–Kier alpha value is -2.98. The fraction of sp³-hybridized carbons (Fsp3) is 0.269. The van der Waals surface area contributed by atoms with Gasteiger partial charge in [-0.25, -0.2) is 9.07 Å². The van der Waals surface area contributed by atoms with Gasteiger partial charge in [-0.05, 0) is 84.8 Å². The van der Waals surface area contributed by atoms with Crippen LogP contribution in [-0.2, 0) is 11.8 Å². The lowest BCUT2D eigenvalue weighted by atomic mass is 9.87. The fourth-order valence-electron chi connectivity index (χ4n) is 5.78. The number of fused-ring (bicyclic) bond motifs is 2. The van der Waals surface area contributed by atoms with Gasteiger partial charge in [0.1, 0.15) is 5.82 Å². The molecule has 1 aliphatic carbocycles. The number of nitrogens with one attached hydrogen (secondary N) is 1. The highest BCUT2D eigenvalue weighted by molar-refractivity contribution is 5.83. The van der Waals surface area contributed by atoms with E-state index in [0.717, 1.165) is 36.1 Å². The van der Waals surface area contributed by atoms with Gasteiger partial charge in [-0.15, -0.1) is 0 Å². The van der Waals surface area contributed by atoms with Crippen LogP contribution in [0.25, 0.3) is 16.6 Å². The standard InChI is InChI=1S/C26H24FN3/c1-17-11-25-19(14-29-30(25)21-9-7-20(27)8-10-21)13-22(17)26-16-28-15-24(26)23(26)12-18-5-3-2-4-6-18/h2-11,13-14,23-24,28H,12,15-16H2,1H3/t23-,24-,26-/m0/s1. The Morgan fingerprint density at radius 1 is 1.10 bits per heavy atom. The molecule has 0 bridgehead atoms. The van der Waals surface area contributed by atoms with E-state index in [-0.39, 0.29) is 11.2 Å². The summed E-state index contributed by atoms with van der Waals surface area (Å²) in [7, 11) is 0. The minimum absolute atomic E-state index is 0.228. The van der Waals surface area contributed by atoms with Crippen molar-refractivity contribution in [3.63, 3.8) is 0 Å². The summed E-state index contributed by atoms with van der Waals surface area (Å²) in [5, 5.41) is 9.38. The highest BCUT2D eigenvalue weighted by atomic mass is 19.1. The van der Waals surface area contributed by atoms with E-state index in [9.17, 15) is 4.39 Å². The van der Waals surface area contributed by atoms with Crippen molar-refractivity contribution in [2.45, 2.75) is 18.8 Å². The summed E-state index contributed by atoms with van der Waals surface area (Å²) in [6.07, 6.45) is 3.07. The van der Waals surface area contributed by atoms with Crippen molar-refractivity contribution in [1.29, 1.82) is 0 Å². The van der Waals surface area contributed by atoms with Crippen LogP contribution in [0.5, 0.6) is 0 Å². The van der Waals surface area contributed by atoms with Gasteiger partial charge in [0.2, 0.25) is 0 Å². The summed E-state index contributed by atoms with van der Waals surface area (Å²) < 4.78 is 15.2. The minimum atomic E-state index is -0.231. The van der Waals surface area contributed by atoms with E-state index in [1.807, 2.05) is 10.9 Å². The number of hydrogen-bond acceptors (Lipinski definition) is 2. The first-order chi connectivity index (χ1) is 14.7. The number of hydrogen-bond donors (Lipinski definition) is 1. The van der Waals surface area contributed by atoms with Crippen LogP contribution in [-0.4, -0.2) is 22.9 Å². The highest BCUT2D eigenvalue weighted by Crippen LogP contribution is 2.63. The molecule has 1 saturated carbocycles. The second kappa shape index (κ2) is 6.51. The zero-order valence-electron chi connectivity index (χ0n) is 17.0. The van der Waals surface area contributed by atoms with Gasteiger partial charge >= 0.3 is 0 Å². The van der Waals surface area contributed by atoms with Gasteiger partial charge in [0.05, 0.1) is 17.4 Å². The summed E-state index contributed by atoms with van der Waals surface area (Å²) >= 11 is 0. The number of nitrogens with zero attached hydrogens (tertiary/aromatic N) is 2. The van der Waals surface area contributed by atoms with Crippen molar-refractivity contribution in [2.75, 3.05) is 13.1 Å². The van der Waals surface area contributed by atoms with Gasteiger partial charge in [0.25, 0.3) is 0 Å². The van der Waals surface area contributed by atoms with Crippen molar-refractivity contribution in [3.8, 4) is 5.69 Å². The fourth-order valence-corrected chi connectivity index (χ4v) is 5.78. The van der Waals surface area contributed by atoms with Crippen LogP contribution >= 0.6 is 0 Å². The van der Waals surface area contributed by atoms with Crippen LogP contribution in [0.15, 0.2) is 72.9 Å². The Labute approximate surface area is 175 Å². The van der Waals surface area contributed by atoms with E-state index in [1.54, 1.807) is 12.1 Å². The molecule has 0 spiro atoms. The molecule has 2 fully saturated rings. The molecule has 0 amide bonds. The SMILES string of the molecule is Cc1cc2c(cnn2-c2ccc(F)cc2)cc1[C@]12CNC[C@H]1[C@@H]2Cc1ccccc1. The largest absolute Gasteiger partial charge is 0.316 e. The molecule has 0 radical (unpaired) electrons. The van der Waals surface area contributed by atoms with E-state index in [1.165, 1.54) is 28.8 Å². The Balaban J connectivity index is 1.40. The molecule has 1 saturated heterocycles. The molecule has 3 nitrogen and oxygen atoms in total. The first-order valence-corrected chi connectivity index (χ1v) is 10.7. The third-order valence-corrected chi connectivity index (χ3v) is 7.27. The van der Waals surface area contributed by atoms with Crippen molar-refractivity contribution in [2.24, 2.45) is 11.8 Å². The first kappa shape index (κ1) is 17.8. The zero-order chi connectivity index (χ0) is 20.3. The Kier molecular flexibility index (Phi) is 3.87. The Bertz CT molecular complexity index is 1230. The van der Waals surface area contributed by atoms with Gasteiger partial charge in [0.15, 0.2) is 0 Å². The summed E-state index contributed by atoms with van der Waals surface area (Å²) in [6.45, 7) is 4.37. The summed E-state index contributed by atoms with van der Waals surface area (Å²) in [4.78, 5) is 0. The zero-order valence-corrected chi connectivity index (χ0v) is 17.0. The monoisotopic (exact) mass is 397 g/mol. The molecule has 1 aliphatic heterocycles. The maximum Gasteiger partial charge on any atom is 0.123 e. The predicted octanol–water partition coefficient (Wildman–Crippen LogP) is 4.80. The first-order valence-electron chi connectivity index (χ1n) is 10.7. The Morgan fingerprint density at radius 2 is 1.90 bits per heavy atom. The highest BCUT2D eigenvalue weighted by Gasteiger charge is 2.67. The maximum absolute atomic E-state index is 13.3. The second-order valence-corrected chi connectivity index (χ2v) is 8.83. The molecule has 3 aromatic carbocycles. The number of benzene rings is 3. The average Bonchev–Trinajstić information content (AvgIpc) is 3.09. The number of aryl methyl sites for hydroxylation is 1. The van der Waals surface area contributed by atoms with E-state index in [2.05, 4.69) is 59.8 Å². The second-order valence-electron chi connectivity index (χ2n) is 8.83. The summed E-state index contributed by atoms with van der Waals surface area (Å²) in [6, 6.07) is 22.0. The van der Waals surface area contributed by atoms with Gasteiger partial charge < -0.3 is 5.32 Å². The van der Waals surface area contributed by atoms with Crippen LogP contribution in [0, 0.1) is 24.6 Å². The van der Waals surface area contributed by atoms with Crippen molar-refractivity contribution < 1.29 is 4.39 Å². The molecule has 0 unspecified atom stereocenters. The molecule has 150 valence electrons. The van der Waals surface area contributed by atoms with Crippen LogP contribution in [0.1, 0.15) is 16.7 Å². The third-order valence-electron chi connectivity index (χ3n) is 7.27. The van der Waals surface area contributed by atoms with Crippen LogP contribution < -0.4 is 5.32 Å². The molecular weight excluding hydrogens is 373 g/mol. The molecule has 1 N–H and O–H groups in total. The van der Waals surface area contributed by atoms with Gasteiger partial charge in [-0.3, -0.25) is 0 Å². The normalized spacial score (nSPS) is 24.9. The van der Waals surface area contributed by atoms with E-state index in [0.29, 0.717) is 11.8 Å². The Morgan fingerprint density at radius 3 is 2.70 bits per heavy atom. The number of aromatic nitrogens is 2. The molecule has 2 aliphatic rings. The lowest BCUT2D eigenvalue weighted by Crippen LogP contribution is -2.25.